The molecular formula is C10H24O6S3. The zero-order valence-corrected chi connectivity index (χ0v) is 13.8. The van der Waals surface area contributed by atoms with Gasteiger partial charge in [-0.25, -0.2) is 0 Å². The molecule has 0 aliphatic heterocycles. The van der Waals surface area contributed by atoms with Crippen LogP contribution in [0.3, 0.4) is 0 Å². The van der Waals surface area contributed by atoms with Crippen LogP contribution in [0.15, 0.2) is 0 Å². The molecule has 0 bridgehead atoms. The van der Waals surface area contributed by atoms with Crippen molar-refractivity contribution in [2.45, 2.75) is 13.8 Å². The molecule has 6 nitrogen and oxygen atoms in total. The number of rotatable bonds is 5. The van der Waals surface area contributed by atoms with Gasteiger partial charge in [0.05, 0.1) is 24.7 Å². The van der Waals surface area contributed by atoms with Crippen LogP contribution in [0.1, 0.15) is 13.8 Å². The van der Waals surface area contributed by atoms with Crippen LogP contribution in [0.4, 0.5) is 0 Å². The van der Waals surface area contributed by atoms with Gasteiger partial charge in [0, 0.05) is 0 Å². The van der Waals surface area contributed by atoms with Crippen molar-refractivity contribution in [3.8, 4) is 0 Å². The standard InChI is InChI=1S/C4H10S.2C2H4O2S.C2H6O2/c1-3-5-4-2;2*3-2(4)1-5;3-1-2-4/h3-4H2,1-2H3;2*5H,1H2,(H,3,4);3-4H,1-2H2. The van der Waals surface area contributed by atoms with E-state index in [9.17, 15) is 9.59 Å². The SMILES string of the molecule is CCSCC.O=C(O)CS.O=C(O)CS.OCCO. The van der Waals surface area contributed by atoms with E-state index < -0.39 is 11.9 Å². The van der Waals surface area contributed by atoms with Gasteiger partial charge in [-0.3, -0.25) is 9.59 Å². The molecule has 0 aliphatic carbocycles. The molecule has 0 aromatic rings. The van der Waals surface area contributed by atoms with Crippen molar-refractivity contribution in [2.75, 3.05) is 36.2 Å². The van der Waals surface area contributed by atoms with Gasteiger partial charge in [0.15, 0.2) is 0 Å². The van der Waals surface area contributed by atoms with E-state index in [4.69, 9.17) is 20.4 Å². The van der Waals surface area contributed by atoms with Crippen molar-refractivity contribution in [3.05, 3.63) is 0 Å². The van der Waals surface area contributed by atoms with Gasteiger partial charge >= 0.3 is 11.9 Å². The number of hydrogen-bond donors (Lipinski definition) is 6. The third-order valence-corrected chi connectivity index (χ3v) is 2.14. The predicted molar refractivity (Wildman–Crippen MR) is 85.8 cm³/mol. The molecule has 0 amide bonds. The fraction of sp³-hybridized carbons (Fsp3) is 0.800. The molecule has 19 heavy (non-hydrogen) atoms. The van der Waals surface area contributed by atoms with Gasteiger partial charge < -0.3 is 20.4 Å². The van der Waals surface area contributed by atoms with Gasteiger partial charge in [0.25, 0.3) is 0 Å². The van der Waals surface area contributed by atoms with Crippen molar-refractivity contribution in [3.63, 3.8) is 0 Å². The van der Waals surface area contributed by atoms with Crippen LogP contribution in [0, 0.1) is 0 Å². The lowest BCUT2D eigenvalue weighted by atomic mass is 10.8. The van der Waals surface area contributed by atoms with Crippen molar-refractivity contribution in [1.82, 2.24) is 0 Å². The van der Waals surface area contributed by atoms with E-state index in [1.807, 2.05) is 11.8 Å². The number of aliphatic hydroxyl groups excluding tert-OH is 2. The summed E-state index contributed by atoms with van der Waals surface area (Å²) in [4.78, 5) is 18.6. The number of aliphatic carboxylic acids is 2. The van der Waals surface area contributed by atoms with E-state index in [0.29, 0.717) is 0 Å². The summed E-state index contributed by atoms with van der Waals surface area (Å²) in [5.41, 5.74) is 0. The molecule has 0 aromatic heterocycles. The summed E-state index contributed by atoms with van der Waals surface area (Å²) in [5.74, 6) is 0.592. The second-order valence-corrected chi connectivity index (χ2v) is 4.53. The maximum atomic E-state index is 9.29. The Balaban J connectivity index is -0.0000000793. The Hall–Kier alpha value is -0.0900. The Labute approximate surface area is 129 Å². The van der Waals surface area contributed by atoms with Gasteiger partial charge in [0.2, 0.25) is 0 Å². The van der Waals surface area contributed by atoms with Crippen LogP contribution in [-0.4, -0.2) is 68.6 Å². The normalized spacial score (nSPS) is 7.68. The zero-order valence-electron chi connectivity index (χ0n) is 11.2. The van der Waals surface area contributed by atoms with Crippen molar-refractivity contribution >= 4 is 49.0 Å². The summed E-state index contributed by atoms with van der Waals surface area (Å²) < 4.78 is 0. The highest BCUT2D eigenvalue weighted by Gasteiger charge is 1.82. The van der Waals surface area contributed by atoms with Crippen LogP contribution in [0.2, 0.25) is 0 Å². The van der Waals surface area contributed by atoms with Crippen LogP contribution >= 0.6 is 37.0 Å². The minimum Gasteiger partial charge on any atom is -0.481 e. The molecule has 0 spiro atoms. The summed E-state index contributed by atoms with van der Waals surface area (Å²) in [6.45, 7) is 4.10. The predicted octanol–water partition coefficient (Wildman–Crippen LogP) is 0.732. The molecule has 0 radical (unpaired) electrons. The Morgan fingerprint density at radius 3 is 1.11 bits per heavy atom. The smallest absolute Gasteiger partial charge is 0.313 e. The summed E-state index contributed by atoms with van der Waals surface area (Å²) in [6.07, 6.45) is 0. The average Bonchev–Trinajstić information content (AvgIpc) is 2.41. The Morgan fingerprint density at radius 1 is 0.895 bits per heavy atom. The number of aliphatic hydroxyl groups is 2. The first-order chi connectivity index (χ1) is 8.87. The summed E-state index contributed by atoms with van der Waals surface area (Å²) in [6, 6.07) is 0. The number of carboxylic acid groups (broad SMARTS) is 2. The van der Waals surface area contributed by atoms with Crippen molar-refractivity contribution in [1.29, 1.82) is 0 Å². The third-order valence-electron chi connectivity index (χ3n) is 0.779. The van der Waals surface area contributed by atoms with Crippen LogP contribution in [-0.2, 0) is 9.59 Å². The molecule has 0 saturated heterocycles. The Bertz CT molecular complexity index is 163. The fourth-order valence-corrected chi connectivity index (χ4v) is 0.612. The van der Waals surface area contributed by atoms with E-state index >= 15 is 0 Å². The molecule has 0 atom stereocenters. The van der Waals surface area contributed by atoms with Crippen LogP contribution in [0.25, 0.3) is 0 Å². The number of hydrogen-bond acceptors (Lipinski definition) is 7. The Kier molecular flexibility index (Phi) is 44.1. The minimum absolute atomic E-state index is 0.0833. The monoisotopic (exact) mass is 336 g/mol. The molecule has 9 heteroatoms. The molecule has 0 fully saturated rings. The molecule has 0 unspecified atom stereocenters. The van der Waals surface area contributed by atoms with Gasteiger partial charge in [-0.1, -0.05) is 13.8 Å². The number of thioether (sulfide) groups is 1. The number of carboxylic acids is 2. The van der Waals surface area contributed by atoms with Gasteiger partial charge in [0.1, 0.15) is 0 Å². The first kappa shape index (κ1) is 27.3. The lowest BCUT2D eigenvalue weighted by molar-refractivity contribution is -0.134. The fourth-order valence-electron chi connectivity index (χ4n) is 0.204. The highest BCUT2D eigenvalue weighted by molar-refractivity contribution is 7.99. The van der Waals surface area contributed by atoms with Gasteiger partial charge in [-0.15, -0.1) is 0 Å². The van der Waals surface area contributed by atoms with E-state index in [0.717, 1.165) is 0 Å². The lowest BCUT2D eigenvalue weighted by Gasteiger charge is -1.80. The minimum atomic E-state index is -0.881. The molecular weight excluding hydrogens is 312 g/mol. The maximum absolute atomic E-state index is 9.29. The third kappa shape index (κ3) is 94.9. The van der Waals surface area contributed by atoms with Crippen molar-refractivity contribution < 1.29 is 30.0 Å². The summed E-state index contributed by atoms with van der Waals surface area (Å²) in [5, 5.41) is 30.5. The quantitative estimate of drug-likeness (QED) is 0.410. The molecule has 0 saturated carbocycles. The van der Waals surface area contributed by atoms with Crippen LogP contribution in [0.5, 0.6) is 0 Å². The maximum Gasteiger partial charge on any atom is 0.313 e. The van der Waals surface area contributed by atoms with E-state index in [1.165, 1.54) is 11.5 Å². The first-order valence-electron chi connectivity index (χ1n) is 5.32. The summed E-state index contributed by atoms with van der Waals surface area (Å²) in [7, 11) is 0. The van der Waals surface area contributed by atoms with E-state index in [1.54, 1.807) is 0 Å². The Morgan fingerprint density at radius 2 is 1.11 bits per heavy atom. The lowest BCUT2D eigenvalue weighted by Crippen LogP contribution is -1.92. The molecule has 118 valence electrons. The van der Waals surface area contributed by atoms with E-state index in [2.05, 4.69) is 39.1 Å². The molecule has 0 rings (SSSR count). The van der Waals surface area contributed by atoms with Gasteiger partial charge in [-0.05, 0) is 11.5 Å². The first-order valence-corrected chi connectivity index (χ1v) is 7.74. The number of carbonyl (C=O) groups is 2. The number of thiol groups is 2. The van der Waals surface area contributed by atoms with E-state index in [-0.39, 0.29) is 24.7 Å². The summed E-state index contributed by atoms with van der Waals surface area (Å²) >= 11 is 8.79. The van der Waals surface area contributed by atoms with Gasteiger partial charge in [-0.2, -0.15) is 37.0 Å². The average molecular weight is 336 g/mol. The second-order valence-electron chi connectivity index (χ2n) is 2.33. The molecule has 0 aliphatic rings. The topological polar surface area (TPSA) is 115 Å². The molecule has 4 N–H and O–H groups in total. The molecule has 0 heterocycles. The molecule has 0 aromatic carbocycles. The highest BCUT2D eigenvalue weighted by Crippen LogP contribution is 1.93. The largest absolute Gasteiger partial charge is 0.481 e. The zero-order chi connectivity index (χ0) is 16.1. The highest BCUT2D eigenvalue weighted by atomic mass is 32.2. The van der Waals surface area contributed by atoms with Crippen molar-refractivity contribution in [2.24, 2.45) is 0 Å². The van der Waals surface area contributed by atoms with Crippen LogP contribution < -0.4 is 0 Å². The second kappa shape index (κ2) is 30.7.